The van der Waals surface area contributed by atoms with E-state index in [-0.39, 0.29) is 11.9 Å². The maximum absolute atomic E-state index is 12.4. The molecule has 0 saturated carbocycles. The Hall–Kier alpha value is -1.79. The number of hydrogen-bond acceptors (Lipinski definition) is 5. The zero-order valence-electron chi connectivity index (χ0n) is 13.8. The van der Waals surface area contributed by atoms with Crippen molar-refractivity contribution in [2.45, 2.75) is 18.9 Å². The van der Waals surface area contributed by atoms with Gasteiger partial charge in [-0.15, -0.1) is 0 Å². The number of hydrazine groups is 1. The van der Waals surface area contributed by atoms with Gasteiger partial charge in [-0.25, -0.2) is 5.43 Å². The molecule has 1 fully saturated rings. The number of anilines is 1. The van der Waals surface area contributed by atoms with Gasteiger partial charge in [-0.3, -0.25) is 4.79 Å². The van der Waals surface area contributed by atoms with Gasteiger partial charge in [0.1, 0.15) is 5.75 Å². The molecule has 2 N–H and O–H groups in total. The number of nitrogens with one attached hydrogen (secondary N) is 2. The molecule has 1 aliphatic rings. The summed E-state index contributed by atoms with van der Waals surface area (Å²) in [5.74, 6) is 0.638. The molecule has 1 aliphatic heterocycles. The predicted molar refractivity (Wildman–Crippen MR) is 88.4 cm³/mol. The minimum atomic E-state index is -0.0356. The number of piperidine rings is 1. The summed E-state index contributed by atoms with van der Waals surface area (Å²) in [5.41, 5.74) is 4.54. The van der Waals surface area contributed by atoms with Crippen LogP contribution >= 0.6 is 0 Å². The molecule has 0 unspecified atom stereocenters. The van der Waals surface area contributed by atoms with Crippen molar-refractivity contribution in [3.63, 3.8) is 0 Å². The monoisotopic (exact) mass is 306 g/mol. The smallest absolute Gasteiger partial charge is 0.251 e. The van der Waals surface area contributed by atoms with Gasteiger partial charge in [0.2, 0.25) is 0 Å². The van der Waals surface area contributed by atoms with E-state index in [1.165, 1.54) is 0 Å². The van der Waals surface area contributed by atoms with E-state index in [0.29, 0.717) is 11.3 Å². The van der Waals surface area contributed by atoms with Crippen LogP contribution in [0.15, 0.2) is 18.2 Å². The van der Waals surface area contributed by atoms with Gasteiger partial charge in [0.05, 0.1) is 12.8 Å². The van der Waals surface area contributed by atoms with Crippen LogP contribution in [0.4, 0.5) is 5.69 Å². The van der Waals surface area contributed by atoms with Crippen molar-refractivity contribution in [1.29, 1.82) is 0 Å². The number of methoxy groups -OCH3 is 1. The first-order valence-corrected chi connectivity index (χ1v) is 7.63. The molecule has 0 spiro atoms. The molecule has 1 saturated heterocycles. The largest absolute Gasteiger partial charge is 0.495 e. The lowest BCUT2D eigenvalue weighted by Crippen LogP contribution is -2.43. The minimum Gasteiger partial charge on any atom is -0.495 e. The number of carbonyl (C=O) groups is 1. The van der Waals surface area contributed by atoms with Crippen molar-refractivity contribution in [1.82, 2.24) is 15.6 Å². The molecule has 0 aliphatic carbocycles. The molecule has 2 rings (SSSR count). The van der Waals surface area contributed by atoms with E-state index in [4.69, 9.17) is 4.74 Å². The summed E-state index contributed by atoms with van der Waals surface area (Å²) in [4.78, 5) is 14.7. The number of nitrogens with zero attached hydrogens (tertiary/aromatic N) is 2. The fourth-order valence-corrected chi connectivity index (χ4v) is 2.64. The lowest BCUT2D eigenvalue weighted by Gasteiger charge is -2.29. The molecule has 6 heteroatoms. The van der Waals surface area contributed by atoms with Crippen LogP contribution in [0.3, 0.4) is 0 Å². The highest BCUT2D eigenvalue weighted by Crippen LogP contribution is 2.27. The Labute approximate surface area is 132 Å². The number of amides is 1. The van der Waals surface area contributed by atoms with Gasteiger partial charge in [-0.05, 0) is 51.2 Å². The second-order valence-electron chi connectivity index (χ2n) is 5.72. The third-order valence-electron chi connectivity index (χ3n) is 4.19. The zero-order valence-corrected chi connectivity index (χ0v) is 13.8. The molecule has 1 aromatic carbocycles. The number of benzene rings is 1. The molecule has 122 valence electrons. The Morgan fingerprint density at radius 2 is 2.05 bits per heavy atom. The SMILES string of the molecule is CNN(C)c1ccc(C(=O)NC2CCN(C)CC2)cc1OC. The van der Waals surface area contributed by atoms with E-state index in [1.54, 1.807) is 13.2 Å². The summed E-state index contributed by atoms with van der Waals surface area (Å²) < 4.78 is 5.39. The molecular weight excluding hydrogens is 280 g/mol. The fraction of sp³-hybridized carbons (Fsp3) is 0.562. The molecule has 22 heavy (non-hydrogen) atoms. The van der Waals surface area contributed by atoms with Gasteiger partial charge >= 0.3 is 0 Å². The van der Waals surface area contributed by atoms with Crippen LogP contribution in [0.1, 0.15) is 23.2 Å². The summed E-state index contributed by atoms with van der Waals surface area (Å²) in [6, 6.07) is 5.76. The first kappa shape index (κ1) is 16.6. The molecule has 0 atom stereocenters. The Morgan fingerprint density at radius 1 is 1.36 bits per heavy atom. The first-order valence-electron chi connectivity index (χ1n) is 7.63. The zero-order chi connectivity index (χ0) is 16.1. The highest BCUT2D eigenvalue weighted by Gasteiger charge is 2.20. The second kappa shape index (κ2) is 7.47. The lowest BCUT2D eigenvalue weighted by atomic mass is 10.0. The van der Waals surface area contributed by atoms with Crippen LogP contribution in [-0.4, -0.2) is 58.2 Å². The molecule has 1 aromatic rings. The summed E-state index contributed by atoms with van der Waals surface area (Å²) in [5, 5.41) is 4.96. The predicted octanol–water partition coefficient (Wildman–Crippen LogP) is 1.09. The fourth-order valence-electron chi connectivity index (χ4n) is 2.64. The van der Waals surface area contributed by atoms with E-state index >= 15 is 0 Å². The van der Waals surface area contributed by atoms with Gasteiger partial charge in [-0.2, -0.15) is 0 Å². The van der Waals surface area contributed by atoms with Gasteiger partial charge < -0.3 is 20.0 Å². The molecule has 0 aromatic heterocycles. The van der Waals surface area contributed by atoms with Crippen molar-refractivity contribution in [3.05, 3.63) is 23.8 Å². The second-order valence-corrected chi connectivity index (χ2v) is 5.72. The summed E-state index contributed by atoms with van der Waals surface area (Å²) in [6.45, 7) is 2.06. The van der Waals surface area contributed by atoms with Gasteiger partial charge in [0, 0.05) is 25.7 Å². The minimum absolute atomic E-state index is 0.0356. The van der Waals surface area contributed by atoms with Gasteiger partial charge in [-0.1, -0.05) is 0 Å². The van der Waals surface area contributed by atoms with Crippen LogP contribution in [-0.2, 0) is 0 Å². The molecular formula is C16H26N4O2. The number of likely N-dealkylation sites (tertiary alicyclic amines) is 1. The van der Waals surface area contributed by atoms with E-state index in [2.05, 4.69) is 22.7 Å². The van der Waals surface area contributed by atoms with Crippen LogP contribution in [0.25, 0.3) is 0 Å². The highest BCUT2D eigenvalue weighted by molar-refractivity contribution is 5.95. The molecule has 0 radical (unpaired) electrons. The number of carbonyl (C=O) groups excluding carboxylic acids is 1. The van der Waals surface area contributed by atoms with Crippen molar-refractivity contribution in [2.75, 3.05) is 46.4 Å². The van der Waals surface area contributed by atoms with Crippen molar-refractivity contribution in [3.8, 4) is 5.75 Å². The first-order chi connectivity index (χ1) is 10.5. The summed E-state index contributed by atoms with van der Waals surface area (Å²) in [6.07, 6.45) is 2.00. The maximum atomic E-state index is 12.4. The Bertz CT molecular complexity index is 513. The van der Waals surface area contributed by atoms with Crippen LogP contribution < -0.4 is 20.5 Å². The lowest BCUT2D eigenvalue weighted by molar-refractivity contribution is 0.0916. The van der Waals surface area contributed by atoms with Crippen molar-refractivity contribution < 1.29 is 9.53 Å². The average Bonchev–Trinajstić information content (AvgIpc) is 2.55. The quantitative estimate of drug-likeness (QED) is 0.798. The van der Waals surface area contributed by atoms with Gasteiger partial charge in [0.25, 0.3) is 5.91 Å². The Morgan fingerprint density at radius 3 is 2.64 bits per heavy atom. The maximum Gasteiger partial charge on any atom is 0.251 e. The molecule has 6 nitrogen and oxygen atoms in total. The Balaban J connectivity index is 2.06. The van der Waals surface area contributed by atoms with Gasteiger partial charge in [0.15, 0.2) is 0 Å². The third kappa shape index (κ3) is 3.90. The number of hydrogen-bond donors (Lipinski definition) is 2. The third-order valence-corrected chi connectivity index (χ3v) is 4.19. The van der Waals surface area contributed by atoms with Crippen molar-refractivity contribution in [2.24, 2.45) is 0 Å². The van der Waals surface area contributed by atoms with E-state index < -0.39 is 0 Å². The normalized spacial score (nSPS) is 16.4. The highest BCUT2D eigenvalue weighted by atomic mass is 16.5. The van der Waals surface area contributed by atoms with E-state index in [0.717, 1.165) is 31.6 Å². The topological polar surface area (TPSA) is 56.8 Å². The summed E-state index contributed by atoms with van der Waals surface area (Å²) >= 11 is 0. The Kier molecular flexibility index (Phi) is 5.63. The molecule has 1 heterocycles. The molecule has 0 bridgehead atoms. The van der Waals surface area contributed by atoms with Crippen LogP contribution in [0.2, 0.25) is 0 Å². The molecule has 1 amide bonds. The number of rotatable bonds is 5. The van der Waals surface area contributed by atoms with Crippen LogP contribution in [0, 0.1) is 0 Å². The summed E-state index contributed by atoms with van der Waals surface area (Å²) in [7, 11) is 7.46. The number of ether oxygens (including phenoxy) is 1. The average molecular weight is 306 g/mol. The van der Waals surface area contributed by atoms with Crippen molar-refractivity contribution >= 4 is 11.6 Å². The van der Waals surface area contributed by atoms with E-state index in [9.17, 15) is 4.79 Å². The van der Waals surface area contributed by atoms with Crippen LogP contribution in [0.5, 0.6) is 5.75 Å². The van der Waals surface area contributed by atoms with E-state index in [1.807, 2.05) is 31.2 Å². The standard InChI is InChI=1S/C16H26N4O2/c1-17-20(3)14-6-5-12(11-15(14)22-4)16(21)18-13-7-9-19(2)10-8-13/h5-6,11,13,17H,7-10H2,1-4H3,(H,18,21).